The van der Waals surface area contributed by atoms with Crippen molar-refractivity contribution in [2.24, 2.45) is 0 Å². The van der Waals surface area contributed by atoms with E-state index in [0.29, 0.717) is 5.69 Å². The molecule has 17 heavy (non-hydrogen) atoms. The Morgan fingerprint density at radius 1 is 1.18 bits per heavy atom. The lowest BCUT2D eigenvalue weighted by atomic mass is 10.1. The topological polar surface area (TPSA) is 70.5 Å². The van der Waals surface area contributed by atoms with Gasteiger partial charge in [-0.2, -0.15) is 0 Å². The van der Waals surface area contributed by atoms with Crippen molar-refractivity contribution in [2.45, 2.75) is 6.92 Å². The molecule has 5 nitrogen and oxygen atoms in total. The van der Waals surface area contributed by atoms with Crippen molar-refractivity contribution >= 4 is 5.88 Å². The third kappa shape index (κ3) is 2.04. The predicted molar refractivity (Wildman–Crippen MR) is 64.2 cm³/mol. The standard InChI is InChI=1S/C12H14N2O3/c1-7-4-8(15-2)5-9(12(7)16-3)10-6-11(13)17-14-10/h4-6H,13H2,1-3H3. The van der Waals surface area contributed by atoms with E-state index in [2.05, 4.69) is 5.16 Å². The van der Waals surface area contributed by atoms with E-state index < -0.39 is 0 Å². The number of nitrogens with two attached hydrogens (primary N) is 1. The van der Waals surface area contributed by atoms with E-state index in [4.69, 9.17) is 19.7 Å². The molecule has 0 aliphatic rings. The first-order chi connectivity index (χ1) is 8.15. The molecule has 1 aromatic carbocycles. The lowest BCUT2D eigenvalue weighted by Gasteiger charge is -2.11. The largest absolute Gasteiger partial charge is 0.497 e. The molecule has 2 N–H and O–H groups in total. The van der Waals surface area contributed by atoms with Gasteiger partial charge in [0.25, 0.3) is 0 Å². The van der Waals surface area contributed by atoms with Crippen molar-refractivity contribution < 1.29 is 14.0 Å². The number of ether oxygens (including phenoxy) is 2. The number of hydrogen-bond donors (Lipinski definition) is 1. The number of anilines is 1. The van der Waals surface area contributed by atoms with Crippen LogP contribution in [0.3, 0.4) is 0 Å². The Labute approximate surface area is 99.1 Å². The Kier molecular flexibility index (Phi) is 2.91. The Morgan fingerprint density at radius 3 is 2.47 bits per heavy atom. The lowest BCUT2D eigenvalue weighted by Crippen LogP contribution is -1.94. The molecular weight excluding hydrogens is 220 g/mol. The third-order valence-corrected chi connectivity index (χ3v) is 2.49. The maximum absolute atomic E-state index is 5.51. The molecule has 0 saturated carbocycles. The number of hydrogen-bond acceptors (Lipinski definition) is 5. The fourth-order valence-corrected chi connectivity index (χ4v) is 1.74. The summed E-state index contributed by atoms with van der Waals surface area (Å²) in [6, 6.07) is 5.38. The SMILES string of the molecule is COc1cc(C)c(OC)c(-c2cc(N)on2)c1. The predicted octanol–water partition coefficient (Wildman–Crippen LogP) is 2.25. The van der Waals surface area contributed by atoms with E-state index in [1.807, 2.05) is 19.1 Å². The second kappa shape index (κ2) is 4.37. The molecule has 0 aliphatic heterocycles. The number of rotatable bonds is 3. The molecule has 0 saturated heterocycles. The van der Waals surface area contributed by atoms with Crippen LogP contribution in [0.15, 0.2) is 22.7 Å². The molecule has 2 aromatic rings. The van der Waals surface area contributed by atoms with E-state index in [0.717, 1.165) is 22.6 Å². The highest BCUT2D eigenvalue weighted by Gasteiger charge is 2.14. The van der Waals surface area contributed by atoms with Crippen molar-refractivity contribution in [3.05, 3.63) is 23.8 Å². The Hall–Kier alpha value is -2.17. The van der Waals surface area contributed by atoms with Crippen LogP contribution in [0.25, 0.3) is 11.3 Å². The smallest absolute Gasteiger partial charge is 0.222 e. The number of nitrogen functional groups attached to an aromatic ring is 1. The number of methoxy groups -OCH3 is 2. The fraction of sp³-hybridized carbons (Fsp3) is 0.250. The van der Waals surface area contributed by atoms with Crippen molar-refractivity contribution in [3.8, 4) is 22.8 Å². The fourth-order valence-electron chi connectivity index (χ4n) is 1.74. The van der Waals surface area contributed by atoms with Crippen molar-refractivity contribution in [1.29, 1.82) is 0 Å². The van der Waals surface area contributed by atoms with Crippen molar-refractivity contribution in [2.75, 3.05) is 20.0 Å². The van der Waals surface area contributed by atoms with Crippen LogP contribution in [-0.2, 0) is 0 Å². The summed E-state index contributed by atoms with van der Waals surface area (Å²) in [5.74, 6) is 1.74. The first-order valence-electron chi connectivity index (χ1n) is 5.11. The highest BCUT2D eigenvalue weighted by Crippen LogP contribution is 2.36. The average Bonchev–Trinajstić information content (AvgIpc) is 2.74. The number of aromatic nitrogens is 1. The lowest BCUT2D eigenvalue weighted by molar-refractivity contribution is 0.400. The zero-order valence-corrected chi connectivity index (χ0v) is 9.98. The van der Waals surface area contributed by atoms with Gasteiger partial charge in [0.2, 0.25) is 5.88 Å². The number of benzene rings is 1. The van der Waals surface area contributed by atoms with E-state index in [1.54, 1.807) is 20.3 Å². The first kappa shape index (κ1) is 11.3. The summed E-state index contributed by atoms with van der Waals surface area (Å²) in [4.78, 5) is 0. The third-order valence-electron chi connectivity index (χ3n) is 2.49. The van der Waals surface area contributed by atoms with Crippen LogP contribution in [0.4, 0.5) is 5.88 Å². The van der Waals surface area contributed by atoms with E-state index in [9.17, 15) is 0 Å². The molecule has 0 radical (unpaired) electrons. The second-order valence-corrected chi connectivity index (χ2v) is 3.64. The van der Waals surface area contributed by atoms with Crippen LogP contribution in [0, 0.1) is 6.92 Å². The molecule has 90 valence electrons. The van der Waals surface area contributed by atoms with Gasteiger partial charge in [-0.3, -0.25) is 0 Å². The Balaban J connectivity index is 2.61. The van der Waals surface area contributed by atoms with E-state index in [1.165, 1.54) is 0 Å². The molecule has 0 spiro atoms. The minimum atomic E-state index is 0.266. The van der Waals surface area contributed by atoms with Crippen LogP contribution in [-0.4, -0.2) is 19.4 Å². The normalized spacial score (nSPS) is 10.3. The van der Waals surface area contributed by atoms with Crippen LogP contribution in [0.5, 0.6) is 11.5 Å². The molecular formula is C12H14N2O3. The monoisotopic (exact) mass is 234 g/mol. The van der Waals surface area contributed by atoms with Gasteiger partial charge in [-0.05, 0) is 24.6 Å². The van der Waals surface area contributed by atoms with Crippen LogP contribution < -0.4 is 15.2 Å². The van der Waals surface area contributed by atoms with Crippen molar-refractivity contribution in [1.82, 2.24) is 5.16 Å². The molecule has 2 rings (SSSR count). The number of nitrogens with zero attached hydrogens (tertiary/aromatic N) is 1. The number of aryl methyl sites for hydroxylation is 1. The van der Waals surface area contributed by atoms with Gasteiger partial charge in [-0.1, -0.05) is 5.16 Å². The maximum Gasteiger partial charge on any atom is 0.222 e. The summed E-state index contributed by atoms with van der Waals surface area (Å²) >= 11 is 0. The highest BCUT2D eigenvalue weighted by atomic mass is 16.5. The van der Waals surface area contributed by atoms with Gasteiger partial charge in [0.1, 0.15) is 17.2 Å². The zero-order valence-electron chi connectivity index (χ0n) is 9.98. The highest BCUT2D eigenvalue weighted by molar-refractivity contribution is 5.72. The molecule has 0 amide bonds. The van der Waals surface area contributed by atoms with Crippen LogP contribution in [0.1, 0.15) is 5.56 Å². The van der Waals surface area contributed by atoms with Gasteiger partial charge in [-0.15, -0.1) is 0 Å². The second-order valence-electron chi connectivity index (χ2n) is 3.64. The van der Waals surface area contributed by atoms with Crippen molar-refractivity contribution in [3.63, 3.8) is 0 Å². The van der Waals surface area contributed by atoms with Gasteiger partial charge in [0.15, 0.2) is 0 Å². The van der Waals surface area contributed by atoms with Crippen LogP contribution in [0.2, 0.25) is 0 Å². The summed E-state index contributed by atoms with van der Waals surface area (Å²) in [6.07, 6.45) is 0. The minimum Gasteiger partial charge on any atom is -0.497 e. The summed E-state index contributed by atoms with van der Waals surface area (Å²) < 4.78 is 15.4. The maximum atomic E-state index is 5.51. The van der Waals surface area contributed by atoms with Crippen LogP contribution >= 0.6 is 0 Å². The molecule has 0 fully saturated rings. The average molecular weight is 234 g/mol. The van der Waals surface area contributed by atoms with Gasteiger partial charge in [-0.25, -0.2) is 0 Å². The van der Waals surface area contributed by atoms with Gasteiger partial charge < -0.3 is 19.7 Å². The summed E-state index contributed by atoms with van der Waals surface area (Å²) in [5, 5.41) is 3.88. The molecule has 0 bridgehead atoms. The Bertz CT molecular complexity index is 535. The first-order valence-corrected chi connectivity index (χ1v) is 5.11. The molecule has 5 heteroatoms. The van der Waals surface area contributed by atoms with Gasteiger partial charge in [0, 0.05) is 11.6 Å². The van der Waals surface area contributed by atoms with E-state index in [-0.39, 0.29) is 5.88 Å². The minimum absolute atomic E-state index is 0.266. The Morgan fingerprint density at radius 2 is 1.94 bits per heavy atom. The van der Waals surface area contributed by atoms with Gasteiger partial charge >= 0.3 is 0 Å². The molecule has 0 atom stereocenters. The molecule has 1 aromatic heterocycles. The molecule has 0 aliphatic carbocycles. The molecule has 1 heterocycles. The zero-order chi connectivity index (χ0) is 12.4. The molecule has 0 unspecified atom stereocenters. The summed E-state index contributed by atoms with van der Waals surface area (Å²) in [5.41, 5.74) is 7.90. The van der Waals surface area contributed by atoms with E-state index >= 15 is 0 Å². The van der Waals surface area contributed by atoms with Gasteiger partial charge in [0.05, 0.1) is 14.2 Å². The quantitative estimate of drug-likeness (QED) is 0.881. The summed E-state index contributed by atoms with van der Waals surface area (Å²) in [7, 11) is 3.23. The summed E-state index contributed by atoms with van der Waals surface area (Å²) in [6.45, 7) is 1.94.